The number of aromatic nitrogens is 4. The summed E-state index contributed by atoms with van der Waals surface area (Å²) in [5, 5.41) is 0.0473. The first-order valence-electron chi connectivity index (χ1n) is 15.4. The Morgan fingerprint density at radius 2 is 1.44 bits per heavy atom. The van der Waals surface area contributed by atoms with Gasteiger partial charge in [0.2, 0.25) is 5.95 Å². The van der Waals surface area contributed by atoms with Crippen molar-refractivity contribution in [2.75, 3.05) is 25.4 Å². The van der Waals surface area contributed by atoms with Gasteiger partial charge in [-0.25, -0.2) is 4.98 Å². The van der Waals surface area contributed by atoms with Crippen molar-refractivity contribution >= 4 is 25.4 Å². The van der Waals surface area contributed by atoms with E-state index in [4.69, 9.17) is 14.9 Å². The Morgan fingerprint density at radius 3 is 1.96 bits per heavy atom. The predicted octanol–water partition coefficient (Wildman–Crippen LogP) is 5.92. The topological polar surface area (TPSA) is 111 Å². The van der Waals surface area contributed by atoms with E-state index >= 15 is 0 Å². The van der Waals surface area contributed by atoms with Crippen LogP contribution in [-0.2, 0) is 14.7 Å². The lowest BCUT2D eigenvalue weighted by molar-refractivity contribution is -0.146. The van der Waals surface area contributed by atoms with E-state index < -0.39 is 20.1 Å². The number of H-pyrrole nitrogens is 1. The third kappa shape index (κ3) is 5.75. The van der Waals surface area contributed by atoms with Crippen molar-refractivity contribution in [3.8, 4) is 0 Å². The number of nitrogen functional groups attached to an aromatic ring is 1. The van der Waals surface area contributed by atoms with E-state index in [9.17, 15) is 4.79 Å². The van der Waals surface area contributed by atoms with Gasteiger partial charge in [0.1, 0.15) is 6.23 Å². The van der Waals surface area contributed by atoms with Crippen LogP contribution in [0.3, 0.4) is 0 Å². The normalized spacial score (nSPS) is 18.3. The van der Waals surface area contributed by atoms with Gasteiger partial charge in [0.15, 0.2) is 19.5 Å². The second kappa shape index (κ2) is 12.0. The Morgan fingerprint density at radius 1 is 0.911 bits per heavy atom. The molecule has 3 N–H and O–H groups in total. The Labute approximate surface area is 265 Å². The molecule has 3 heterocycles. The molecule has 0 spiro atoms. The number of ether oxygens (including phenoxy) is 1. The van der Waals surface area contributed by atoms with Gasteiger partial charge in [0.25, 0.3) is 5.56 Å². The number of nitrogens with two attached hydrogens (primary N) is 1. The van der Waals surface area contributed by atoms with E-state index in [0.717, 1.165) is 16.7 Å². The van der Waals surface area contributed by atoms with Crippen molar-refractivity contribution in [3.05, 3.63) is 124 Å². The summed E-state index contributed by atoms with van der Waals surface area (Å²) in [6, 6.07) is 31.9. The van der Waals surface area contributed by atoms with Crippen LogP contribution in [0, 0.1) is 0 Å². The Kier molecular flexibility index (Phi) is 8.25. The van der Waals surface area contributed by atoms with Gasteiger partial charge < -0.3 is 14.9 Å². The second-order valence-electron chi connectivity index (χ2n) is 13.3. The molecule has 2 aromatic heterocycles. The third-order valence-corrected chi connectivity index (χ3v) is 13.9. The number of hydrogen-bond donors (Lipinski definition) is 2. The molecule has 2 atom stereocenters. The van der Waals surface area contributed by atoms with Crippen LogP contribution in [0.15, 0.2) is 102 Å². The number of imidazole rings is 1. The average Bonchev–Trinajstić information content (AvgIpc) is 3.46. The molecule has 1 aliphatic rings. The zero-order valence-electron chi connectivity index (χ0n) is 26.6. The Bertz CT molecular complexity index is 1710. The zero-order chi connectivity index (χ0) is 31.8. The summed E-state index contributed by atoms with van der Waals surface area (Å²) < 4.78 is 15.5. The number of fused-ring (bicyclic) bond motifs is 1. The lowest BCUT2D eigenvalue weighted by atomic mass is 9.75. The van der Waals surface area contributed by atoms with Gasteiger partial charge in [-0.3, -0.25) is 19.2 Å². The highest BCUT2D eigenvalue weighted by molar-refractivity contribution is 6.74. The average molecular weight is 623 g/mol. The summed E-state index contributed by atoms with van der Waals surface area (Å²) in [5.41, 5.74) is 8.98. The molecule has 0 saturated carbocycles. The van der Waals surface area contributed by atoms with Crippen LogP contribution in [0.2, 0.25) is 18.1 Å². The molecule has 0 aliphatic carbocycles. The maximum atomic E-state index is 12.7. The van der Waals surface area contributed by atoms with Gasteiger partial charge in [0, 0.05) is 13.1 Å². The monoisotopic (exact) mass is 622 g/mol. The van der Waals surface area contributed by atoms with Crippen LogP contribution in [0.1, 0.15) is 43.7 Å². The minimum Gasteiger partial charge on any atom is -0.414 e. The molecule has 10 heteroatoms. The van der Waals surface area contributed by atoms with Crippen molar-refractivity contribution in [1.82, 2.24) is 24.4 Å². The molecule has 0 unspecified atom stereocenters. The molecule has 5 aromatic rings. The van der Waals surface area contributed by atoms with Gasteiger partial charge in [-0.1, -0.05) is 112 Å². The largest absolute Gasteiger partial charge is 0.414 e. The summed E-state index contributed by atoms with van der Waals surface area (Å²) >= 11 is 0. The van der Waals surface area contributed by atoms with Crippen LogP contribution in [0.4, 0.5) is 5.95 Å². The quantitative estimate of drug-likeness (QED) is 0.163. The van der Waals surface area contributed by atoms with Crippen molar-refractivity contribution in [2.45, 2.75) is 56.8 Å². The summed E-state index contributed by atoms with van der Waals surface area (Å²) in [6.45, 7) is 12.8. The van der Waals surface area contributed by atoms with Gasteiger partial charge in [-0.2, -0.15) is 4.98 Å². The molecule has 1 saturated heterocycles. The van der Waals surface area contributed by atoms with Crippen molar-refractivity contribution in [1.29, 1.82) is 0 Å². The lowest BCUT2D eigenvalue weighted by Gasteiger charge is -2.51. The number of morpholine rings is 1. The third-order valence-electron chi connectivity index (χ3n) is 9.40. The molecule has 0 bridgehead atoms. The fraction of sp³-hybridized carbons (Fsp3) is 0.343. The molecular weight excluding hydrogens is 581 g/mol. The maximum Gasteiger partial charge on any atom is 0.280 e. The minimum atomic E-state index is -2.09. The SMILES string of the molecule is CC(C)(C)[Si](C)(C)OC[C@@H]1CN(C(c2ccccc2)(c2ccccc2)c2ccccc2)C[C@H](n2cnc3c(=O)[nH]c(N)nc32)O1. The number of nitrogens with one attached hydrogen (secondary N) is 1. The zero-order valence-corrected chi connectivity index (χ0v) is 27.6. The summed E-state index contributed by atoms with van der Waals surface area (Å²) in [4.78, 5) is 26.7. The van der Waals surface area contributed by atoms with E-state index in [1.807, 2.05) is 22.8 Å². The molecule has 6 rings (SSSR count). The Balaban J connectivity index is 1.53. The van der Waals surface area contributed by atoms with Gasteiger partial charge in [-0.15, -0.1) is 0 Å². The van der Waals surface area contributed by atoms with Crippen LogP contribution in [-0.4, -0.2) is 58.5 Å². The van der Waals surface area contributed by atoms with E-state index in [0.29, 0.717) is 25.3 Å². The van der Waals surface area contributed by atoms with Crippen LogP contribution in [0.25, 0.3) is 11.2 Å². The number of hydrogen-bond acceptors (Lipinski definition) is 7. The molecule has 0 radical (unpaired) electrons. The van der Waals surface area contributed by atoms with Crippen molar-refractivity contribution in [3.63, 3.8) is 0 Å². The number of benzene rings is 3. The highest BCUT2D eigenvalue weighted by atomic mass is 28.4. The molecule has 234 valence electrons. The Hall–Kier alpha value is -4.09. The summed E-state index contributed by atoms with van der Waals surface area (Å²) in [5.74, 6) is 0.0342. The first-order valence-corrected chi connectivity index (χ1v) is 18.3. The second-order valence-corrected chi connectivity index (χ2v) is 18.1. The van der Waals surface area contributed by atoms with Crippen molar-refractivity contribution < 1.29 is 9.16 Å². The lowest BCUT2D eigenvalue weighted by Crippen LogP contribution is -2.58. The number of rotatable bonds is 8. The van der Waals surface area contributed by atoms with Crippen molar-refractivity contribution in [2.24, 2.45) is 0 Å². The van der Waals surface area contributed by atoms with Gasteiger partial charge in [0.05, 0.1) is 24.6 Å². The maximum absolute atomic E-state index is 12.7. The first kappa shape index (κ1) is 30.9. The summed E-state index contributed by atoms with van der Waals surface area (Å²) in [6.07, 6.45) is 0.813. The standard InChI is InChI=1S/C35H42N6O3Si/c1-34(2,3)45(4,5)43-23-28-21-40(22-29(44-28)41-24-37-30-31(41)38-33(36)39-32(30)42)35(25-15-9-6-10-16-25,26-17-11-7-12-18-26)27-19-13-8-14-20-27/h6-20,24,28-29H,21-23H2,1-5H3,(H3,36,38,39,42)/t28-,29+/m0/s1. The number of anilines is 1. The molecule has 3 aromatic carbocycles. The molecule has 45 heavy (non-hydrogen) atoms. The van der Waals surface area contributed by atoms with Gasteiger partial charge >= 0.3 is 0 Å². The first-order chi connectivity index (χ1) is 21.5. The van der Waals surface area contributed by atoms with E-state index in [2.05, 4.69) is 127 Å². The minimum absolute atomic E-state index is 0.0342. The smallest absolute Gasteiger partial charge is 0.280 e. The summed E-state index contributed by atoms with van der Waals surface area (Å²) in [7, 11) is -2.09. The molecule has 9 nitrogen and oxygen atoms in total. The van der Waals surface area contributed by atoms with E-state index in [-0.39, 0.29) is 28.2 Å². The fourth-order valence-electron chi connectivity index (χ4n) is 6.09. The van der Waals surface area contributed by atoms with Gasteiger partial charge in [-0.05, 0) is 34.8 Å². The highest BCUT2D eigenvalue weighted by Crippen LogP contribution is 2.45. The fourth-order valence-corrected chi connectivity index (χ4v) is 7.13. The molecule has 1 fully saturated rings. The predicted molar refractivity (Wildman–Crippen MR) is 180 cm³/mol. The van der Waals surface area contributed by atoms with E-state index in [1.54, 1.807) is 6.33 Å². The molecular formula is C35H42N6O3Si. The number of nitrogens with zero attached hydrogens (tertiary/aromatic N) is 4. The molecule has 0 amide bonds. The highest BCUT2D eigenvalue weighted by Gasteiger charge is 2.47. The van der Waals surface area contributed by atoms with Crippen LogP contribution < -0.4 is 11.3 Å². The van der Waals surface area contributed by atoms with Crippen LogP contribution in [0.5, 0.6) is 0 Å². The van der Waals surface area contributed by atoms with Crippen LogP contribution >= 0.6 is 0 Å². The van der Waals surface area contributed by atoms with E-state index in [1.165, 1.54) is 0 Å². The number of aromatic amines is 1. The molecule has 1 aliphatic heterocycles.